The fraction of sp³-hybridized carbons (Fsp3) is 0.875. The first kappa shape index (κ1) is 16.3. The normalized spacial score (nSPS) is 22.2. The van der Waals surface area contributed by atoms with Crippen LogP contribution in [-0.2, 0) is 9.59 Å². The summed E-state index contributed by atoms with van der Waals surface area (Å²) < 4.78 is 0. The molecule has 0 spiro atoms. The van der Waals surface area contributed by atoms with Crippen LogP contribution in [0.2, 0.25) is 0 Å². The van der Waals surface area contributed by atoms with Crippen LogP contribution in [0, 0.1) is 11.8 Å². The van der Waals surface area contributed by atoms with Crippen LogP contribution in [0.25, 0.3) is 0 Å². The summed E-state index contributed by atoms with van der Waals surface area (Å²) in [7, 11) is 0. The van der Waals surface area contributed by atoms with E-state index in [0.29, 0.717) is 32.0 Å². The van der Waals surface area contributed by atoms with Crippen molar-refractivity contribution in [2.24, 2.45) is 17.6 Å². The van der Waals surface area contributed by atoms with Gasteiger partial charge in [-0.1, -0.05) is 19.8 Å². The van der Waals surface area contributed by atoms with Crippen LogP contribution in [-0.4, -0.2) is 54.3 Å². The molecule has 21 heavy (non-hydrogen) atoms. The quantitative estimate of drug-likeness (QED) is 0.848. The molecule has 2 rings (SSSR count). The lowest BCUT2D eigenvalue weighted by atomic mass is 10.0. The molecule has 0 aromatic carbocycles. The van der Waals surface area contributed by atoms with Gasteiger partial charge >= 0.3 is 0 Å². The second-order valence-electron chi connectivity index (χ2n) is 6.55. The standard InChI is InChI=1S/C16H29N3O2/c1-13(12-17)16(21)19-8-4-7-18(9-10-19)15(20)11-14-5-2-3-6-14/h13-14H,2-12,17H2,1H3. The first-order chi connectivity index (χ1) is 10.1. The number of nitrogens with two attached hydrogens (primary N) is 1. The Hall–Kier alpha value is -1.10. The number of carbonyl (C=O) groups is 2. The molecule has 5 nitrogen and oxygen atoms in total. The Morgan fingerprint density at radius 1 is 1.05 bits per heavy atom. The second kappa shape index (κ2) is 7.78. The van der Waals surface area contributed by atoms with Gasteiger partial charge in [0.25, 0.3) is 0 Å². The molecule has 1 aliphatic carbocycles. The summed E-state index contributed by atoms with van der Waals surface area (Å²) in [6.45, 7) is 5.12. The van der Waals surface area contributed by atoms with Gasteiger partial charge in [-0.15, -0.1) is 0 Å². The molecule has 0 aromatic heterocycles. The molecule has 2 N–H and O–H groups in total. The third kappa shape index (κ3) is 4.43. The van der Waals surface area contributed by atoms with Crippen molar-refractivity contribution in [2.45, 2.75) is 45.4 Å². The van der Waals surface area contributed by atoms with Crippen molar-refractivity contribution in [3.8, 4) is 0 Å². The Balaban J connectivity index is 1.82. The van der Waals surface area contributed by atoms with Crippen LogP contribution in [0.1, 0.15) is 45.4 Å². The Bertz CT molecular complexity index is 367. The SMILES string of the molecule is CC(CN)C(=O)N1CCCN(C(=O)CC2CCCC2)CC1. The number of carbonyl (C=O) groups excluding carboxylic acids is 2. The van der Waals surface area contributed by atoms with Crippen LogP contribution >= 0.6 is 0 Å². The zero-order valence-electron chi connectivity index (χ0n) is 13.2. The lowest BCUT2D eigenvalue weighted by molar-refractivity contribution is -0.136. The number of hydrogen-bond acceptors (Lipinski definition) is 3. The lowest BCUT2D eigenvalue weighted by Crippen LogP contribution is -2.41. The summed E-state index contributed by atoms with van der Waals surface area (Å²) in [6, 6.07) is 0. The van der Waals surface area contributed by atoms with Gasteiger partial charge < -0.3 is 15.5 Å². The Kier molecular flexibility index (Phi) is 6.03. The fourth-order valence-corrected chi connectivity index (χ4v) is 3.39. The van der Waals surface area contributed by atoms with E-state index in [1.807, 2.05) is 16.7 Å². The molecule has 2 aliphatic rings. The van der Waals surface area contributed by atoms with Crippen molar-refractivity contribution in [1.29, 1.82) is 0 Å². The van der Waals surface area contributed by atoms with E-state index < -0.39 is 0 Å². The molecule has 5 heteroatoms. The highest BCUT2D eigenvalue weighted by Crippen LogP contribution is 2.28. The van der Waals surface area contributed by atoms with E-state index in [0.717, 1.165) is 19.5 Å². The maximum Gasteiger partial charge on any atom is 0.226 e. The molecule has 1 saturated heterocycles. The number of amides is 2. The average molecular weight is 295 g/mol. The molecule has 2 fully saturated rings. The minimum atomic E-state index is -0.120. The van der Waals surface area contributed by atoms with Crippen molar-refractivity contribution in [1.82, 2.24) is 9.80 Å². The van der Waals surface area contributed by atoms with E-state index in [2.05, 4.69) is 0 Å². The molecule has 0 radical (unpaired) electrons. The van der Waals surface area contributed by atoms with Crippen molar-refractivity contribution in [2.75, 3.05) is 32.7 Å². The molecular formula is C16H29N3O2. The summed E-state index contributed by atoms with van der Waals surface area (Å²) in [5, 5.41) is 0. The van der Waals surface area contributed by atoms with Crippen molar-refractivity contribution in [3.05, 3.63) is 0 Å². The Labute approximate surface area is 127 Å². The minimum Gasteiger partial charge on any atom is -0.341 e. The highest BCUT2D eigenvalue weighted by atomic mass is 16.2. The highest BCUT2D eigenvalue weighted by Gasteiger charge is 2.26. The van der Waals surface area contributed by atoms with Gasteiger partial charge in [0.1, 0.15) is 0 Å². The maximum atomic E-state index is 12.4. The summed E-state index contributed by atoms with van der Waals surface area (Å²) >= 11 is 0. The molecule has 1 atom stereocenters. The minimum absolute atomic E-state index is 0.120. The van der Waals surface area contributed by atoms with Crippen molar-refractivity contribution in [3.63, 3.8) is 0 Å². The van der Waals surface area contributed by atoms with E-state index in [4.69, 9.17) is 5.73 Å². The summed E-state index contributed by atoms with van der Waals surface area (Å²) in [4.78, 5) is 28.4. The van der Waals surface area contributed by atoms with Crippen LogP contribution in [0.5, 0.6) is 0 Å². The van der Waals surface area contributed by atoms with Crippen LogP contribution in [0.3, 0.4) is 0 Å². The highest BCUT2D eigenvalue weighted by molar-refractivity contribution is 5.79. The summed E-state index contributed by atoms with van der Waals surface area (Å²) in [6.07, 6.45) is 6.54. The van der Waals surface area contributed by atoms with Crippen LogP contribution < -0.4 is 5.73 Å². The number of hydrogen-bond donors (Lipinski definition) is 1. The Morgan fingerprint density at radius 2 is 1.67 bits per heavy atom. The monoisotopic (exact) mass is 295 g/mol. The zero-order valence-corrected chi connectivity index (χ0v) is 13.2. The van der Waals surface area contributed by atoms with Crippen molar-refractivity contribution >= 4 is 11.8 Å². The Morgan fingerprint density at radius 3 is 2.33 bits per heavy atom. The van der Waals surface area contributed by atoms with E-state index in [9.17, 15) is 9.59 Å². The molecule has 0 aromatic rings. The smallest absolute Gasteiger partial charge is 0.226 e. The fourth-order valence-electron chi connectivity index (χ4n) is 3.39. The first-order valence-electron chi connectivity index (χ1n) is 8.38. The number of nitrogens with zero attached hydrogens (tertiary/aromatic N) is 2. The van der Waals surface area contributed by atoms with E-state index in [-0.39, 0.29) is 17.7 Å². The molecule has 1 aliphatic heterocycles. The zero-order chi connectivity index (χ0) is 15.2. The van der Waals surface area contributed by atoms with E-state index in [1.165, 1.54) is 25.7 Å². The predicted octanol–water partition coefficient (Wildman–Crippen LogP) is 1.22. The van der Waals surface area contributed by atoms with E-state index >= 15 is 0 Å². The van der Waals surface area contributed by atoms with Gasteiger partial charge in [0.05, 0.1) is 0 Å². The largest absolute Gasteiger partial charge is 0.341 e. The second-order valence-corrected chi connectivity index (χ2v) is 6.55. The molecular weight excluding hydrogens is 266 g/mol. The third-order valence-corrected chi connectivity index (χ3v) is 4.87. The summed E-state index contributed by atoms with van der Waals surface area (Å²) in [5.74, 6) is 0.882. The van der Waals surface area contributed by atoms with Crippen LogP contribution in [0.15, 0.2) is 0 Å². The molecule has 2 amide bonds. The van der Waals surface area contributed by atoms with Crippen LogP contribution in [0.4, 0.5) is 0 Å². The summed E-state index contributed by atoms with van der Waals surface area (Å²) in [5.41, 5.74) is 5.57. The molecule has 0 bridgehead atoms. The molecule has 1 saturated carbocycles. The average Bonchev–Trinajstić information content (AvgIpc) is 2.87. The van der Waals surface area contributed by atoms with Gasteiger partial charge in [0, 0.05) is 45.1 Å². The van der Waals surface area contributed by atoms with E-state index in [1.54, 1.807) is 0 Å². The first-order valence-corrected chi connectivity index (χ1v) is 8.38. The molecule has 120 valence electrons. The maximum absolute atomic E-state index is 12.4. The number of rotatable bonds is 4. The topological polar surface area (TPSA) is 66.6 Å². The molecule has 1 unspecified atom stereocenters. The predicted molar refractivity (Wildman–Crippen MR) is 82.6 cm³/mol. The van der Waals surface area contributed by atoms with Gasteiger partial charge in [-0.2, -0.15) is 0 Å². The van der Waals surface area contributed by atoms with Gasteiger partial charge in [-0.05, 0) is 25.2 Å². The van der Waals surface area contributed by atoms with Crippen molar-refractivity contribution < 1.29 is 9.59 Å². The van der Waals surface area contributed by atoms with Gasteiger partial charge in [-0.25, -0.2) is 0 Å². The van der Waals surface area contributed by atoms with Gasteiger partial charge in [0.15, 0.2) is 0 Å². The third-order valence-electron chi connectivity index (χ3n) is 4.87. The van der Waals surface area contributed by atoms with Gasteiger partial charge in [0.2, 0.25) is 11.8 Å². The van der Waals surface area contributed by atoms with Gasteiger partial charge in [-0.3, -0.25) is 9.59 Å². The lowest BCUT2D eigenvalue weighted by Gasteiger charge is -2.24. The molecule has 1 heterocycles.